The predicted molar refractivity (Wildman–Crippen MR) is 54.8 cm³/mol. The maximum atomic E-state index is 13.0. The monoisotopic (exact) mass is 217 g/mol. The summed E-state index contributed by atoms with van der Waals surface area (Å²) in [4.78, 5) is 0. The molecule has 4 heteroatoms. The zero-order chi connectivity index (χ0) is 10.9. The van der Waals surface area contributed by atoms with E-state index in [-0.39, 0.29) is 10.8 Å². The van der Waals surface area contributed by atoms with Crippen LogP contribution in [0.3, 0.4) is 0 Å². The Morgan fingerprint density at radius 1 is 1.50 bits per heavy atom. The van der Waals surface area contributed by atoms with Crippen molar-refractivity contribution in [3.63, 3.8) is 0 Å². The molecule has 1 rings (SSSR count). The summed E-state index contributed by atoms with van der Waals surface area (Å²) in [7, 11) is 0. The topological polar surface area (TPSA) is 46.2 Å². The summed E-state index contributed by atoms with van der Waals surface area (Å²) in [5.74, 6) is -0.379. The Kier molecular flexibility index (Phi) is 3.48. The quantitative estimate of drug-likeness (QED) is 0.798. The Morgan fingerprint density at radius 3 is 2.57 bits per heavy atom. The summed E-state index contributed by atoms with van der Waals surface area (Å²) in [6, 6.07) is 2.30. The minimum absolute atomic E-state index is 0.245. The standard InChI is InChI=1S/C10H13ClFNO/c1-5-8(12)4-3-7(9(5)11)10(14)6(2)13/h3-4,6,10,14H,13H2,1-2H3/t6-,10-/m1/s1. The van der Waals surface area contributed by atoms with Gasteiger partial charge < -0.3 is 10.8 Å². The lowest BCUT2D eigenvalue weighted by molar-refractivity contribution is 0.153. The van der Waals surface area contributed by atoms with Gasteiger partial charge in [-0.1, -0.05) is 17.7 Å². The van der Waals surface area contributed by atoms with Crippen LogP contribution in [0.4, 0.5) is 4.39 Å². The van der Waals surface area contributed by atoms with E-state index in [0.29, 0.717) is 11.1 Å². The van der Waals surface area contributed by atoms with Gasteiger partial charge in [-0.05, 0) is 19.9 Å². The Balaban J connectivity index is 3.17. The molecule has 0 aliphatic carbocycles. The molecule has 0 radical (unpaired) electrons. The van der Waals surface area contributed by atoms with Gasteiger partial charge >= 0.3 is 0 Å². The third kappa shape index (κ3) is 2.05. The van der Waals surface area contributed by atoms with E-state index in [9.17, 15) is 9.50 Å². The van der Waals surface area contributed by atoms with Gasteiger partial charge in [0.15, 0.2) is 0 Å². The normalized spacial score (nSPS) is 15.3. The van der Waals surface area contributed by atoms with Crippen LogP contribution >= 0.6 is 11.6 Å². The third-order valence-electron chi connectivity index (χ3n) is 2.17. The molecule has 0 aliphatic heterocycles. The molecule has 0 unspecified atom stereocenters. The SMILES string of the molecule is Cc1c(F)ccc([C@H](O)[C@@H](C)N)c1Cl. The first-order valence-electron chi connectivity index (χ1n) is 4.33. The first-order chi connectivity index (χ1) is 6.45. The molecule has 0 saturated heterocycles. The van der Waals surface area contributed by atoms with Crippen LogP contribution in [0.25, 0.3) is 0 Å². The van der Waals surface area contributed by atoms with E-state index in [1.165, 1.54) is 12.1 Å². The van der Waals surface area contributed by atoms with E-state index in [4.69, 9.17) is 17.3 Å². The molecule has 1 aromatic rings. The van der Waals surface area contributed by atoms with Gasteiger partial charge in [-0.2, -0.15) is 0 Å². The Labute approximate surface area is 87.5 Å². The van der Waals surface area contributed by atoms with Gasteiger partial charge in [-0.25, -0.2) is 4.39 Å². The molecule has 1 aromatic carbocycles. The van der Waals surface area contributed by atoms with Gasteiger partial charge in [-0.15, -0.1) is 0 Å². The van der Waals surface area contributed by atoms with E-state index in [1.54, 1.807) is 13.8 Å². The van der Waals surface area contributed by atoms with Crippen molar-refractivity contribution in [1.82, 2.24) is 0 Å². The van der Waals surface area contributed by atoms with Crippen molar-refractivity contribution >= 4 is 11.6 Å². The Morgan fingerprint density at radius 2 is 2.07 bits per heavy atom. The minimum Gasteiger partial charge on any atom is -0.387 e. The summed E-state index contributed by atoms with van der Waals surface area (Å²) in [5.41, 5.74) is 6.33. The second-order valence-corrected chi connectivity index (χ2v) is 3.76. The Hall–Kier alpha value is -0.640. The maximum Gasteiger partial charge on any atom is 0.127 e. The number of rotatable bonds is 2. The van der Waals surface area contributed by atoms with Crippen LogP contribution in [-0.4, -0.2) is 11.1 Å². The first kappa shape index (κ1) is 11.4. The van der Waals surface area contributed by atoms with Crippen molar-refractivity contribution in [1.29, 1.82) is 0 Å². The first-order valence-corrected chi connectivity index (χ1v) is 4.71. The van der Waals surface area contributed by atoms with Crippen LogP contribution in [0.5, 0.6) is 0 Å². The van der Waals surface area contributed by atoms with Crippen molar-refractivity contribution in [2.24, 2.45) is 5.73 Å². The fraction of sp³-hybridized carbons (Fsp3) is 0.400. The number of aliphatic hydroxyl groups is 1. The number of benzene rings is 1. The second-order valence-electron chi connectivity index (χ2n) is 3.38. The van der Waals surface area contributed by atoms with Crippen molar-refractivity contribution in [3.8, 4) is 0 Å². The molecule has 0 aromatic heterocycles. The molecule has 2 atom stereocenters. The molecule has 0 amide bonds. The Bertz CT molecular complexity index is 341. The lowest BCUT2D eigenvalue weighted by Crippen LogP contribution is -2.24. The maximum absolute atomic E-state index is 13.0. The summed E-state index contributed by atoms with van der Waals surface area (Å²) in [6.07, 6.45) is -0.859. The number of hydrogen-bond acceptors (Lipinski definition) is 2. The molecule has 3 N–H and O–H groups in total. The fourth-order valence-electron chi connectivity index (χ4n) is 1.19. The largest absolute Gasteiger partial charge is 0.387 e. The van der Waals surface area contributed by atoms with Crippen molar-refractivity contribution < 1.29 is 9.50 Å². The number of halogens is 2. The predicted octanol–water partition coefficient (Wildman–Crippen LogP) is 2.17. The van der Waals surface area contributed by atoms with Gasteiger partial charge in [-0.3, -0.25) is 0 Å². The molecule has 14 heavy (non-hydrogen) atoms. The second kappa shape index (κ2) is 4.26. The molecule has 0 fully saturated rings. The summed E-state index contributed by atoms with van der Waals surface area (Å²) < 4.78 is 13.0. The summed E-state index contributed by atoms with van der Waals surface area (Å²) in [5, 5.41) is 9.91. The average molecular weight is 218 g/mol. The molecule has 0 aliphatic rings. The molecular weight excluding hydrogens is 205 g/mol. The van der Waals surface area contributed by atoms with Crippen LogP contribution in [0.15, 0.2) is 12.1 Å². The zero-order valence-electron chi connectivity index (χ0n) is 8.09. The lowest BCUT2D eigenvalue weighted by atomic mass is 10.0. The zero-order valence-corrected chi connectivity index (χ0v) is 8.85. The van der Waals surface area contributed by atoms with Crippen LogP contribution < -0.4 is 5.73 Å². The smallest absolute Gasteiger partial charge is 0.127 e. The van der Waals surface area contributed by atoms with E-state index in [1.807, 2.05) is 0 Å². The molecule has 0 heterocycles. The van der Waals surface area contributed by atoms with Gasteiger partial charge in [0.05, 0.1) is 11.1 Å². The van der Waals surface area contributed by atoms with Gasteiger partial charge in [0.25, 0.3) is 0 Å². The van der Waals surface area contributed by atoms with Crippen molar-refractivity contribution in [2.45, 2.75) is 26.0 Å². The highest BCUT2D eigenvalue weighted by Crippen LogP contribution is 2.28. The minimum atomic E-state index is -0.859. The number of aliphatic hydroxyl groups excluding tert-OH is 1. The highest BCUT2D eigenvalue weighted by Gasteiger charge is 2.18. The van der Waals surface area contributed by atoms with Crippen molar-refractivity contribution in [2.75, 3.05) is 0 Å². The van der Waals surface area contributed by atoms with Crippen LogP contribution in [0.1, 0.15) is 24.2 Å². The summed E-state index contributed by atoms with van der Waals surface area (Å²) >= 11 is 5.88. The molecule has 78 valence electrons. The van der Waals surface area contributed by atoms with Crippen LogP contribution in [0, 0.1) is 12.7 Å². The van der Waals surface area contributed by atoms with Gasteiger partial charge in [0.1, 0.15) is 5.82 Å². The molecule has 0 bridgehead atoms. The number of nitrogens with two attached hydrogens (primary N) is 1. The molecule has 0 spiro atoms. The van der Waals surface area contributed by atoms with Crippen LogP contribution in [-0.2, 0) is 0 Å². The van der Waals surface area contributed by atoms with Crippen molar-refractivity contribution in [3.05, 3.63) is 34.1 Å². The molecular formula is C10H13ClFNO. The van der Waals surface area contributed by atoms with E-state index >= 15 is 0 Å². The van der Waals surface area contributed by atoms with Gasteiger partial charge in [0.2, 0.25) is 0 Å². The molecule has 2 nitrogen and oxygen atoms in total. The highest BCUT2D eigenvalue weighted by atomic mass is 35.5. The third-order valence-corrected chi connectivity index (χ3v) is 2.67. The number of hydrogen-bond donors (Lipinski definition) is 2. The highest BCUT2D eigenvalue weighted by molar-refractivity contribution is 6.32. The average Bonchev–Trinajstić information content (AvgIpc) is 2.13. The van der Waals surface area contributed by atoms with E-state index < -0.39 is 12.1 Å². The summed E-state index contributed by atoms with van der Waals surface area (Å²) in [6.45, 7) is 3.23. The van der Waals surface area contributed by atoms with Gasteiger partial charge in [0, 0.05) is 17.2 Å². The van der Waals surface area contributed by atoms with Crippen LogP contribution in [0.2, 0.25) is 5.02 Å². The van der Waals surface area contributed by atoms with E-state index in [2.05, 4.69) is 0 Å². The fourth-order valence-corrected chi connectivity index (χ4v) is 1.46. The molecule has 0 saturated carbocycles. The lowest BCUT2D eigenvalue weighted by Gasteiger charge is -2.17. The van der Waals surface area contributed by atoms with E-state index in [0.717, 1.165) is 0 Å².